The van der Waals surface area contributed by atoms with Crippen LogP contribution in [0, 0.1) is 19.3 Å². The SMILES string of the molecule is CNCC(C)(C)C1=CC=C(c2ccc(C)cc2C)CC1. The van der Waals surface area contributed by atoms with Crippen LogP contribution in [0.1, 0.15) is 43.4 Å². The van der Waals surface area contributed by atoms with Crippen LogP contribution in [0.15, 0.2) is 35.9 Å². The van der Waals surface area contributed by atoms with Crippen LogP contribution in [0.2, 0.25) is 0 Å². The van der Waals surface area contributed by atoms with Crippen LogP contribution in [0.25, 0.3) is 5.57 Å². The van der Waals surface area contributed by atoms with Gasteiger partial charge in [-0.2, -0.15) is 0 Å². The van der Waals surface area contributed by atoms with Crippen LogP contribution < -0.4 is 5.32 Å². The number of aryl methyl sites for hydroxylation is 2. The molecule has 1 aliphatic rings. The zero-order valence-corrected chi connectivity index (χ0v) is 13.5. The first kappa shape index (κ1) is 15.1. The van der Waals surface area contributed by atoms with Crippen molar-refractivity contribution < 1.29 is 0 Å². The van der Waals surface area contributed by atoms with E-state index in [-0.39, 0.29) is 5.41 Å². The van der Waals surface area contributed by atoms with E-state index >= 15 is 0 Å². The van der Waals surface area contributed by atoms with Crippen molar-refractivity contribution in [2.24, 2.45) is 5.41 Å². The van der Waals surface area contributed by atoms with Crippen molar-refractivity contribution >= 4 is 5.57 Å². The summed E-state index contributed by atoms with van der Waals surface area (Å²) in [5.41, 5.74) is 7.43. The third kappa shape index (κ3) is 3.21. The summed E-state index contributed by atoms with van der Waals surface area (Å²) < 4.78 is 0. The van der Waals surface area contributed by atoms with Crippen molar-refractivity contribution in [1.29, 1.82) is 0 Å². The number of hydrogen-bond acceptors (Lipinski definition) is 1. The van der Waals surface area contributed by atoms with Gasteiger partial charge in [-0.05, 0) is 55.9 Å². The Morgan fingerprint density at radius 2 is 1.85 bits per heavy atom. The average Bonchev–Trinajstić information content (AvgIpc) is 2.39. The summed E-state index contributed by atoms with van der Waals surface area (Å²) in [6.45, 7) is 10.1. The lowest BCUT2D eigenvalue weighted by atomic mass is 9.77. The van der Waals surface area contributed by atoms with E-state index in [1.165, 1.54) is 28.7 Å². The fourth-order valence-electron chi connectivity index (χ4n) is 3.15. The van der Waals surface area contributed by atoms with E-state index in [0.717, 1.165) is 13.0 Å². The van der Waals surface area contributed by atoms with Gasteiger partial charge in [0.05, 0.1) is 0 Å². The maximum atomic E-state index is 3.30. The van der Waals surface area contributed by atoms with E-state index in [0.29, 0.717) is 0 Å². The van der Waals surface area contributed by atoms with Crippen molar-refractivity contribution in [2.75, 3.05) is 13.6 Å². The fraction of sp³-hybridized carbons (Fsp3) is 0.474. The Morgan fingerprint density at radius 3 is 2.40 bits per heavy atom. The van der Waals surface area contributed by atoms with Crippen LogP contribution in [0.5, 0.6) is 0 Å². The van der Waals surface area contributed by atoms with E-state index in [2.05, 4.69) is 63.4 Å². The summed E-state index contributed by atoms with van der Waals surface area (Å²) >= 11 is 0. The molecule has 0 aliphatic heterocycles. The normalized spacial score (nSPS) is 15.8. The highest BCUT2D eigenvalue weighted by Crippen LogP contribution is 2.36. The molecule has 0 atom stereocenters. The van der Waals surface area contributed by atoms with Gasteiger partial charge in [0, 0.05) is 6.54 Å². The second-order valence-electron chi connectivity index (χ2n) is 6.62. The standard InChI is InChI=1S/C19H27N/c1-14-6-11-18(15(2)12-14)16-7-9-17(10-8-16)19(3,4)13-20-5/h6-7,9,11-12,20H,8,10,13H2,1-5H3. The average molecular weight is 269 g/mol. The Bertz CT molecular complexity index is 547. The number of hydrogen-bond donors (Lipinski definition) is 1. The number of allylic oxidation sites excluding steroid dienone is 3. The molecule has 1 heteroatoms. The Balaban J connectivity index is 2.25. The molecule has 0 heterocycles. The lowest BCUT2D eigenvalue weighted by Crippen LogP contribution is -2.29. The number of rotatable bonds is 4. The van der Waals surface area contributed by atoms with Crippen molar-refractivity contribution in [1.82, 2.24) is 5.32 Å². The van der Waals surface area contributed by atoms with Crippen LogP contribution >= 0.6 is 0 Å². The third-order valence-corrected chi connectivity index (χ3v) is 4.37. The Morgan fingerprint density at radius 1 is 1.10 bits per heavy atom. The first-order valence-corrected chi connectivity index (χ1v) is 7.56. The molecular weight excluding hydrogens is 242 g/mol. The molecule has 1 aromatic carbocycles. The smallest absolute Gasteiger partial charge is 0.00370 e. The quantitative estimate of drug-likeness (QED) is 0.838. The molecule has 0 saturated heterocycles. The highest BCUT2D eigenvalue weighted by atomic mass is 14.8. The molecular formula is C19H27N. The summed E-state index contributed by atoms with van der Waals surface area (Å²) in [5.74, 6) is 0. The molecule has 0 spiro atoms. The third-order valence-electron chi connectivity index (χ3n) is 4.37. The van der Waals surface area contributed by atoms with E-state index in [4.69, 9.17) is 0 Å². The van der Waals surface area contributed by atoms with Gasteiger partial charge in [-0.3, -0.25) is 0 Å². The van der Waals surface area contributed by atoms with Gasteiger partial charge in [-0.25, -0.2) is 0 Å². The molecule has 2 rings (SSSR count). The fourth-order valence-corrected chi connectivity index (χ4v) is 3.15. The molecule has 0 radical (unpaired) electrons. The summed E-state index contributed by atoms with van der Waals surface area (Å²) in [7, 11) is 2.03. The molecule has 0 amide bonds. The van der Waals surface area contributed by atoms with E-state index in [1.54, 1.807) is 5.57 Å². The Kier molecular flexibility index (Phi) is 4.49. The van der Waals surface area contributed by atoms with E-state index < -0.39 is 0 Å². The van der Waals surface area contributed by atoms with Crippen molar-refractivity contribution in [3.63, 3.8) is 0 Å². The first-order chi connectivity index (χ1) is 9.44. The molecule has 0 saturated carbocycles. The van der Waals surface area contributed by atoms with Gasteiger partial charge in [0.2, 0.25) is 0 Å². The van der Waals surface area contributed by atoms with E-state index in [1.807, 2.05) is 7.05 Å². The minimum Gasteiger partial charge on any atom is -0.319 e. The predicted molar refractivity (Wildman–Crippen MR) is 88.9 cm³/mol. The molecule has 1 nitrogen and oxygen atoms in total. The number of nitrogens with one attached hydrogen (secondary N) is 1. The topological polar surface area (TPSA) is 12.0 Å². The molecule has 0 unspecified atom stereocenters. The largest absolute Gasteiger partial charge is 0.319 e. The first-order valence-electron chi connectivity index (χ1n) is 7.56. The zero-order valence-electron chi connectivity index (χ0n) is 13.5. The van der Waals surface area contributed by atoms with Crippen LogP contribution in [-0.2, 0) is 0 Å². The van der Waals surface area contributed by atoms with Crippen LogP contribution in [-0.4, -0.2) is 13.6 Å². The minimum atomic E-state index is 0.249. The molecule has 108 valence electrons. The summed E-state index contributed by atoms with van der Waals surface area (Å²) in [5, 5.41) is 3.30. The van der Waals surface area contributed by atoms with E-state index in [9.17, 15) is 0 Å². The van der Waals surface area contributed by atoms with Crippen molar-refractivity contribution in [3.8, 4) is 0 Å². The van der Waals surface area contributed by atoms with Gasteiger partial charge in [-0.1, -0.05) is 55.3 Å². The van der Waals surface area contributed by atoms with Crippen LogP contribution in [0.4, 0.5) is 0 Å². The molecule has 1 aliphatic carbocycles. The molecule has 0 bridgehead atoms. The van der Waals surface area contributed by atoms with Gasteiger partial charge in [0.1, 0.15) is 0 Å². The van der Waals surface area contributed by atoms with Crippen LogP contribution in [0.3, 0.4) is 0 Å². The second-order valence-corrected chi connectivity index (χ2v) is 6.62. The second kappa shape index (κ2) is 5.97. The maximum absolute atomic E-state index is 3.30. The Labute approximate surface area is 123 Å². The summed E-state index contributed by atoms with van der Waals surface area (Å²) in [6, 6.07) is 6.77. The van der Waals surface area contributed by atoms with Gasteiger partial charge in [0.15, 0.2) is 0 Å². The van der Waals surface area contributed by atoms with Crippen molar-refractivity contribution in [3.05, 3.63) is 52.6 Å². The van der Waals surface area contributed by atoms with Gasteiger partial charge < -0.3 is 5.32 Å². The number of benzene rings is 1. The highest BCUT2D eigenvalue weighted by Gasteiger charge is 2.24. The molecule has 0 aromatic heterocycles. The molecule has 0 fully saturated rings. The molecule has 20 heavy (non-hydrogen) atoms. The molecule has 1 aromatic rings. The lowest BCUT2D eigenvalue weighted by molar-refractivity contribution is 0.410. The minimum absolute atomic E-state index is 0.249. The lowest BCUT2D eigenvalue weighted by Gasteiger charge is -2.30. The monoisotopic (exact) mass is 269 g/mol. The van der Waals surface area contributed by atoms with Gasteiger partial charge in [-0.15, -0.1) is 0 Å². The van der Waals surface area contributed by atoms with Crippen molar-refractivity contribution in [2.45, 2.75) is 40.5 Å². The summed E-state index contributed by atoms with van der Waals surface area (Å²) in [4.78, 5) is 0. The van der Waals surface area contributed by atoms with Gasteiger partial charge >= 0.3 is 0 Å². The molecule has 1 N–H and O–H groups in total. The zero-order chi connectivity index (χ0) is 14.8. The summed E-state index contributed by atoms with van der Waals surface area (Å²) in [6.07, 6.45) is 7.00. The Hall–Kier alpha value is -1.34. The highest BCUT2D eigenvalue weighted by molar-refractivity contribution is 5.71. The van der Waals surface area contributed by atoms with Gasteiger partial charge in [0.25, 0.3) is 0 Å². The maximum Gasteiger partial charge on any atom is 0.00370 e. The predicted octanol–water partition coefficient (Wildman–Crippen LogP) is 4.65.